The molecule has 1 unspecified atom stereocenters. The third-order valence-corrected chi connectivity index (χ3v) is 5.43. The number of ether oxygens (including phenoxy) is 1. The van der Waals surface area contributed by atoms with Gasteiger partial charge in [0.25, 0.3) is 5.91 Å². The molecule has 5 rings (SSSR count). The molecular formula is C25H21FN2O2. The first-order chi connectivity index (χ1) is 14.5. The van der Waals surface area contributed by atoms with Gasteiger partial charge < -0.3 is 15.0 Å². The first-order valence-corrected chi connectivity index (χ1v) is 9.86. The summed E-state index contributed by atoms with van der Waals surface area (Å²) in [6, 6.07) is 20.4. The number of hydrogen-bond donors (Lipinski definition) is 1. The highest BCUT2D eigenvalue weighted by Crippen LogP contribution is 2.48. The van der Waals surface area contributed by atoms with E-state index in [-0.39, 0.29) is 17.8 Å². The molecule has 1 amide bonds. The second-order valence-electron chi connectivity index (χ2n) is 7.92. The van der Waals surface area contributed by atoms with E-state index in [0.29, 0.717) is 22.6 Å². The van der Waals surface area contributed by atoms with Crippen LogP contribution in [0.25, 0.3) is 11.3 Å². The van der Waals surface area contributed by atoms with Crippen molar-refractivity contribution < 1.29 is 13.9 Å². The Hall–Kier alpha value is -3.44. The van der Waals surface area contributed by atoms with Gasteiger partial charge in [-0.15, -0.1) is 0 Å². The number of halogens is 1. The van der Waals surface area contributed by atoms with E-state index in [1.807, 2.05) is 50.5 Å². The van der Waals surface area contributed by atoms with Gasteiger partial charge in [-0.25, -0.2) is 4.39 Å². The van der Waals surface area contributed by atoms with E-state index in [1.54, 1.807) is 6.07 Å². The fourth-order valence-corrected chi connectivity index (χ4v) is 4.18. The number of fused-ring (bicyclic) bond motifs is 2. The van der Waals surface area contributed by atoms with Gasteiger partial charge in [0.2, 0.25) is 0 Å². The van der Waals surface area contributed by atoms with Crippen molar-refractivity contribution >= 4 is 22.9 Å². The maximum absolute atomic E-state index is 14.0. The Morgan fingerprint density at radius 2 is 1.80 bits per heavy atom. The molecule has 0 aliphatic carbocycles. The number of carbonyl (C=O) groups is 1. The van der Waals surface area contributed by atoms with E-state index in [0.717, 1.165) is 28.8 Å². The first kappa shape index (κ1) is 18.6. The van der Waals surface area contributed by atoms with Gasteiger partial charge in [-0.1, -0.05) is 42.5 Å². The van der Waals surface area contributed by atoms with Crippen LogP contribution in [0.5, 0.6) is 0 Å². The summed E-state index contributed by atoms with van der Waals surface area (Å²) in [6.45, 7) is 0.801. The zero-order chi connectivity index (χ0) is 20.8. The second-order valence-corrected chi connectivity index (χ2v) is 7.92. The summed E-state index contributed by atoms with van der Waals surface area (Å²) in [5.74, 6) is -0.165. The molecule has 30 heavy (non-hydrogen) atoms. The van der Waals surface area contributed by atoms with Gasteiger partial charge in [0, 0.05) is 28.9 Å². The molecule has 0 spiro atoms. The van der Waals surface area contributed by atoms with Crippen molar-refractivity contribution in [1.82, 2.24) is 4.90 Å². The Labute approximate surface area is 174 Å². The summed E-state index contributed by atoms with van der Waals surface area (Å²) < 4.78 is 20.4. The predicted octanol–water partition coefficient (Wildman–Crippen LogP) is 4.83. The Balaban J connectivity index is 1.71. The highest BCUT2D eigenvalue weighted by molar-refractivity contribution is 6.36. The van der Waals surface area contributed by atoms with Gasteiger partial charge in [-0.2, -0.15) is 0 Å². The quantitative estimate of drug-likeness (QED) is 0.641. The molecule has 3 aromatic carbocycles. The van der Waals surface area contributed by atoms with Crippen LogP contribution < -0.4 is 5.32 Å². The fourth-order valence-electron chi connectivity index (χ4n) is 4.18. The van der Waals surface area contributed by atoms with Crippen molar-refractivity contribution in [2.45, 2.75) is 12.6 Å². The van der Waals surface area contributed by atoms with E-state index in [4.69, 9.17) is 4.74 Å². The highest BCUT2D eigenvalue weighted by atomic mass is 19.1. The van der Waals surface area contributed by atoms with Crippen LogP contribution in [0.4, 0.5) is 10.1 Å². The molecule has 5 heteroatoms. The van der Waals surface area contributed by atoms with Crippen LogP contribution >= 0.6 is 0 Å². The minimum absolute atomic E-state index is 0.275. The zero-order valence-corrected chi connectivity index (χ0v) is 16.8. The van der Waals surface area contributed by atoms with E-state index >= 15 is 0 Å². The molecular weight excluding hydrogens is 379 g/mol. The van der Waals surface area contributed by atoms with Crippen LogP contribution in [0.3, 0.4) is 0 Å². The van der Waals surface area contributed by atoms with Crippen molar-refractivity contribution in [1.29, 1.82) is 0 Å². The SMILES string of the molecule is CN(C)Cc1ccc2c(c1)C(c1ccccc1)O/C2=C1/C(=O)Nc2ccc(F)cc21. The summed E-state index contributed by atoms with van der Waals surface area (Å²) in [5.41, 5.74) is 5.57. The number of hydrogen-bond acceptors (Lipinski definition) is 3. The van der Waals surface area contributed by atoms with Crippen molar-refractivity contribution in [3.8, 4) is 0 Å². The van der Waals surface area contributed by atoms with Gasteiger partial charge >= 0.3 is 0 Å². The van der Waals surface area contributed by atoms with Crippen molar-refractivity contribution in [2.24, 2.45) is 0 Å². The van der Waals surface area contributed by atoms with Crippen LogP contribution in [0.1, 0.15) is 33.9 Å². The summed E-state index contributed by atoms with van der Waals surface area (Å²) in [4.78, 5) is 14.9. The van der Waals surface area contributed by atoms with Gasteiger partial charge in [0.05, 0.1) is 5.57 Å². The van der Waals surface area contributed by atoms with Gasteiger partial charge in [-0.3, -0.25) is 4.79 Å². The molecule has 2 aliphatic heterocycles. The summed E-state index contributed by atoms with van der Waals surface area (Å²) in [6.07, 6.45) is -0.323. The third-order valence-electron chi connectivity index (χ3n) is 5.43. The molecule has 3 aromatic rings. The van der Waals surface area contributed by atoms with E-state index in [9.17, 15) is 9.18 Å². The fraction of sp³-hybridized carbons (Fsp3) is 0.160. The molecule has 2 heterocycles. The van der Waals surface area contributed by atoms with E-state index < -0.39 is 0 Å². The first-order valence-electron chi connectivity index (χ1n) is 9.86. The lowest BCUT2D eigenvalue weighted by molar-refractivity contribution is -0.110. The van der Waals surface area contributed by atoms with Crippen LogP contribution in [-0.2, 0) is 16.1 Å². The minimum atomic E-state index is -0.387. The third kappa shape index (κ3) is 3.08. The topological polar surface area (TPSA) is 41.6 Å². The maximum Gasteiger partial charge on any atom is 0.260 e. The minimum Gasteiger partial charge on any atom is -0.479 e. The molecule has 0 aromatic heterocycles. The molecule has 2 aliphatic rings. The lowest BCUT2D eigenvalue weighted by atomic mass is 9.94. The smallest absolute Gasteiger partial charge is 0.260 e. The molecule has 0 fully saturated rings. The van der Waals surface area contributed by atoms with Crippen LogP contribution in [0.15, 0.2) is 66.7 Å². The average Bonchev–Trinajstić information content (AvgIpc) is 3.24. The Kier molecular flexibility index (Phi) is 4.40. The highest BCUT2D eigenvalue weighted by Gasteiger charge is 2.37. The normalized spacial score (nSPS) is 19.5. The van der Waals surface area contributed by atoms with Crippen molar-refractivity contribution in [3.05, 3.63) is 100 Å². The zero-order valence-electron chi connectivity index (χ0n) is 16.8. The maximum atomic E-state index is 14.0. The second kappa shape index (κ2) is 7.11. The van der Waals surface area contributed by atoms with Gasteiger partial charge in [0.15, 0.2) is 0 Å². The van der Waals surface area contributed by atoms with Gasteiger partial charge in [-0.05, 0) is 49.5 Å². The number of anilines is 1. The average molecular weight is 400 g/mol. The van der Waals surface area contributed by atoms with Crippen molar-refractivity contribution in [2.75, 3.05) is 19.4 Å². The molecule has 150 valence electrons. The number of amides is 1. The number of rotatable bonds is 3. The lowest BCUT2D eigenvalue weighted by Gasteiger charge is -2.14. The monoisotopic (exact) mass is 400 g/mol. The summed E-state index contributed by atoms with van der Waals surface area (Å²) >= 11 is 0. The Bertz CT molecular complexity index is 1190. The predicted molar refractivity (Wildman–Crippen MR) is 115 cm³/mol. The molecule has 0 saturated carbocycles. The van der Waals surface area contributed by atoms with Crippen molar-refractivity contribution in [3.63, 3.8) is 0 Å². The molecule has 1 N–H and O–H groups in total. The Morgan fingerprint density at radius 1 is 1.00 bits per heavy atom. The molecule has 4 nitrogen and oxygen atoms in total. The largest absolute Gasteiger partial charge is 0.479 e. The van der Waals surface area contributed by atoms with Gasteiger partial charge in [0.1, 0.15) is 17.7 Å². The summed E-state index contributed by atoms with van der Waals surface area (Å²) in [7, 11) is 4.06. The van der Waals surface area contributed by atoms with Crippen LogP contribution in [-0.4, -0.2) is 24.9 Å². The number of carbonyl (C=O) groups excluding carboxylic acids is 1. The molecule has 0 radical (unpaired) electrons. The lowest BCUT2D eigenvalue weighted by Crippen LogP contribution is -2.11. The number of benzene rings is 3. The Morgan fingerprint density at radius 3 is 2.57 bits per heavy atom. The number of nitrogens with zero attached hydrogens (tertiary/aromatic N) is 1. The molecule has 0 saturated heterocycles. The van der Waals surface area contributed by atoms with Crippen LogP contribution in [0.2, 0.25) is 0 Å². The standard InChI is InChI=1S/C25H21FN2O2/c1-28(2)14-15-8-10-18-19(12-15)23(16-6-4-3-5-7-16)30-24(18)22-20-13-17(26)9-11-21(20)27-25(22)29/h3-13,23H,14H2,1-2H3,(H,27,29)/b24-22+. The number of nitrogens with one attached hydrogen (secondary N) is 1. The van der Waals surface area contributed by atoms with E-state index in [2.05, 4.69) is 22.3 Å². The van der Waals surface area contributed by atoms with E-state index in [1.165, 1.54) is 12.1 Å². The molecule has 1 atom stereocenters. The molecule has 0 bridgehead atoms. The van der Waals surface area contributed by atoms with Crippen LogP contribution in [0, 0.1) is 5.82 Å². The summed E-state index contributed by atoms with van der Waals surface area (Å²) in [5, 5.41) is 2.82.